The number of Topliss-reactive ketones (excluding diaryl/α,β-unsaturated/α-hetero) is 1. The molecule has 0 bridgehead atoms. The van der Waals surface area contributed by atoms with Crippen molar-refractivity contribution in [1.29, 1.82) is 0 Å². The minimum absolute atomic E-state index is 0.164. The lowest BCUT2D eigenvalue weighted by Crippen LogP contribution is -2.01. The van der Waals surface area contributed by atoms with Crippen molar-refractivity contribution in [3.8, 4) is 0 Å². The molecule has 0 heterocycles. The van der Waals surface area contributed by atoms with E-state index in [4.69, 9.17) is 11.6 Å². The molecule has 1 N–H and O–H groups in total. The van der Waals surface area contributed by atoms with Gasteiger partial charge in [-0.25, -0.2) is 0 Å². The van der Waals surface area contributed by atoms with E-state index >= 15 is 0 Å². The Hall–Kier alpha value is -2.79. The van der Waals surface area contributed by atoms with Crippen molar-refractivity contribution in [2.24, 2.45) is 10.2 Å². The molecule has 0 saturated carbocycles. The highest BCUT2D eigenvalue weighted by Crippen LogP contribution is 2.27. The smallest absolute Gasteiger partial charge is 0.195 e. The fraction of sp³-hybridized carbons (Fsp3) is 0.111. The van der Waals surface area contributed by atoms with Crippen LogP contribution in [-0.4, -0.2) is 16.7 Å². The van der Waals surface area contributed by atoms with Crippen LogP contribution in [0.5, 0.6) is 0 Å². The minimum atomic E-state index is -0.427. The Balaban J connectivity index is 2.48. The third kappa shape index (κ3) is 4.14. The lowest BCUT2D eigenvalue weighted by molar-refractivity contribution is -0.113. The molecule has 0 aromatic heterocycles. The molecule has 5 nitrogen and oxygen atoms in total. The molecule has 0 saturated heterocycles. The molecule has 0 unspecified atom stereocenters. The van der Waals surface area contributed by atoms with Crippen molar-refractivity contribution < 1.29 is 14.7 Å². The van der Waals surface area contributed by atoms with Gasteiger partial charge >= 0.3 is 0 Å². The molecule has 0 amide bonds. The number of aliphatic hydroxyl groups is 1. The van der Waals surface area contributed by atoms with Gasteiger partial charge < -0.3 is 5.11 Å². The van der Waals surface area contributed by atoms with Crippen molar-refractivity contribution in [2.45, 2.75) is 13.8 Å². The Bertz CT molecular complexity index is 839. The van der Waals surface area contributed by atoms with E-state index in [0.29, 0.717) is 10.6 Å². The van der Waals surface area contributed by atoms with E-state index in [0.717, 1.165) is 0 Å². The summed E-state index contributed by atoms with van der Waals surface area (Å²) in [6.45, 7) is 2.61. The summed E-state index contributed by atoms with van der Waals surface area (Å²) in [6.07, 6.45) is 0. The van der Waals surface area contributed by atoms with Gasteiger partial charge in [0.1, 0.15) is 5.76 Å². The predicted molar refractivity (Wildman–Crippen MR) is 91.9 cm³/mol. The van der Waals surface area contributed by atoms with E-state index in [9.17, 15) is 14.7 Å². The average Bonchev–Trinajstić information content (AvgIpc) is 2.55. The fourth-order valence-corrected chi connectivity index (χ4v) is 2.20. The molecule has 0 atom stereocenters. The van der Waals surface area contributed by atoms with E-state index in [-0.39, 0.29) is 28.5 Å². The number of rotatable bonds is 5. The highest BCUT2D eigenvalue weighted by Gasteiger charge is 2.15. The Morgan fingerprint density at radius 1 is 1.04 bits per heavy atom. The third-order valence-electron chi connectivity index (χ3n) is 3.17. The first-order valence-corrected chi connectivity index (χ1v) is 7.49. The molecule has 6 heteroatoms. The number of hydrogen-bond donors (Lipinski definition) is 1. The van der Waals surface area contributed by atoms with Crippen LogP contribution in [0.3, 0.4) is 0 Å². The topological polar surface area (TPSA) is 79.1 Å². The average molecular weight is 343 g/mol. The highest BCUT2D eigenvalue weighted by molar-refractivity contribution is 6.31. The summed E-state index contributed by atoms with van der Waals surface area (Å²) in [4.78, 5) is 24.1. The Labute approximate surface area is 144 Å². The van der Waals surface area contributed by atoms with E-state index < -0.39 is 5.78 Å². The number of carbonyl (C=O) groups excluding carboxylic acids is 2. The molecule has 0 fully saturated rings. The number of carbonyl (C=O) groups is 2. The van der Waals surface area contributed by atoms with Crippen LogP contribution in [-0.2, 0) is 4.79 Å². The van der Waals surface area contributed by atoms with Gasteiger partial charge in [-0.3, -0.25) is 9.59 Å². The second-order valence-electron chi connectivity index (χ2n) is 5.05. The van der Waals surface area contributed by atoms with Gasteiger partial charge in [-0.1, -0.05) is 41.9 Å². The zero-order chi connectivity index (χ0) is 17.7. The maximum atomic E-state index is 12.6. The molecular weight excluding hydrogens is 328 g/mol. The summed E-state index contributed by atoms with van der Waals surface area (Å²) in [5.41, 5.74) is 0.837. The maximum absolute atomic E-state index is 12.6. The largest absolute Gasteiger partial charge is 0.510 e. The van der Waals surface area contributed by atoms with Crippen LogP contribution >= 0.6 is 11.6 Å². The number of azo groups is 1. The predicted octanol–water partition coefficient (Wildman–Crippen LogP) is 5.03. The van der Waals surface area contributed by atoms with E-state index in [2.05, 4.69) is 10.2 Å². The normalized spacial score (nSPS) is 12.1. The molecule has 122 valence electrons. The molecule has 0 radical (unpaired) electrons. The van der Waals surface area contributed by atoms with E-state index in [1.165, 1.54) is 26.0 Å². The molecule has 0 spiro atoms. The van der Waals surface area contributed by atoms with E-state index in [1.54, 1.807) is 30.3 Å². The van der Waals surface area contributed by atoms with Crippen molar-refractivity contribution in [3.63, 3.8) is 0 Å². The number of aliphatic hydroxyl groups excluding tert-OH is 1. The SMILES string of the molecule is CC(=O)/C(N=Nc1ccc(Cl)cc1C(=O)c1ccccc1)=C(\C)O. The summed E-state index contributed by atoms with van der Waals surface area (Å²) < 4.78 is 0. The van der Waals surface area contributed by atoms with Crippen LogP contribution in [0.4, 0.5) is 5.69 Å². The van der Waals surface area contributed by atoms with Crippen LogP contribution in [0.25, 0.3) is 0 Å². The molecule has 2 aromatic carbocycles. The van der Waals surface area contributed by atoms with Crippen molar-refractivity contribution >= 4 is 28.9 Å². The van der Waals surface area contributed by atoms with Gasteiger partial charge in [-0.15, -0.1) is 10.2 Å². The van der Waals surface area contributed by atoms with Crippen LogP contribution < -0.4 is 0 Å². The highest BCUT2D eigenvalue weighted by atomic mass is 35.5. The maximum Gasteiger partial charge on any atom is 0.195 e. The summed E-state index contributed by atoms with van der Waals surface area (Å²) in [5.74, 6) is -0.930. The molecule has 24 heavy (non-hydrogen) atoms. The monoisotopic (exact) mass is 342 g/mol. The van der Waals surface area contributed by atoms with Crippen molar-refractivity contribution in [3.05, 3.63) is 76.1 Å². The number of hydrogen-bond acceptors (Lipinski definition) is 5. The first-order valence-electron chi connectivity index (χ1n) is 7.12. The molecular formula is C18H15ClN2O3. The van der Waals surface area contributed by atoms with Crippen LogP contribution in [0.2, 0.25) is 5.02 Å². The van der Waals surface area contributed by atoms with Gasteiger partial charge in [0.15, 0.2) is 17.3 Å². The zero-order valence-corrected chi connectivity index (χ0v) is 13.9. The number of ketones is 2. The first kappa shape index (κ1) is 17.6. The number of benzene rings is 2. The molecule has 0 aliphatic heterocycles. The lowest BCUT2D eigenvalue weighted by atomic mass is 10.0. The second kappa shape index (κ2) is 7.66. The summed E-state index contributed by atoms with van der Waals surface area (Å²) in [5, 5.41) is 17.6. The van der Waals surface area contributed by atoms with Crippen LogP contribution in [0.1, 0.15) is 29.8 Å². The Morgan fingerprint density at radius 3 is 2.29 bits per heavy atom. The Morgan fingerprint density at radius 2 is 1.71 bits per heavy atom. The van der Waals surface area contributed by atoms with Gasteiger partial charge in [0.05, 0.1) is 11.3 Å². The summed E-state index contributed by atoms with van der Waals surface area (Å²) in [7, 11) is 0. The minimum Gasteiger partial charge on any atom is -0.510 e. The summed E-state index contributed by atoms with van der Waals surface area (Å²) >= 11 is 5.98. The van der Waals surface area contributed by atoms with Gasteiger partial charge in [0.25, 0.3) is 0 Å². The van der Waals surface area contributed by atoms with Crippen molar-refractivity contribution in [1.82, 2.24) is 0 Å². The van der Waals surface area contributed by atoms with Gasteiger partial charge in [-0.2, -0.15) is 0 Å². The van der Waals surface area contributed by atoms with Gasteiger partial charge in [0, 0.05) is 17.5 Å². The molecule has 0 aliphatic rings. The van der Waals surface area contributed by atoms with E-state index in [1.807, 2.05) is 6.07 Å². The molecule has 2 aromatic rings. The first-order chi connectivity index (χ1) is 11.4. The quantitative estimate of drug-likeness (QED) is 0.358. The summed E-state index contributed by atoms with van der Waals surface area (Å²) in [6, 6.07) is 13.3. The van der Waals surface area contributed by atoms with Crippen molar-refractivity contribution in [2.75, 3.05) is 0 Å². The van der Waals surface area contributed by atoms with Crippen LogP contribution in [0.15, 0.2) is 70.2 Å². The Kier molecular flexibility index (Phi) is 5.60. The third-order valence-corrected chi connectivity index (χ3v) is 3.41. The van der Waals surface area contributed by atoms with Gasteiger partial charge in [-0.05, 0) is 25.1 Å². The molecule has 2 rings (SSSR count). The van der Waals surface area contributed by atoms with Crippen LogP contribution in [0, 0.1) is 0 Å². The number of halogens is 1. The lowest BCUT2D eigenvalue weighted by Gasteiger charge is -2.05. The standard InChI is InChI=1S/C18H15ClN2O3/c1-11(22)17(12(2)23)21-20-16-9-8-14(19)10-15(16)18(24)13-6-4-3-5-7-13/h3-10,22H,1-2H3/b17-11-,21-20?. The zero-order valence-electron chi connectivity index (χ0n) is 13.2. The number of nitrogens with zero attached hydrogens (tertiary/aromatic N) is 2. The second-order valence-corrected chi connectivity index (χ2v) is 5.48. The molecule has 0 aliphatic carbocycles. The van der Waals surface area contributed by atoms with Gasteiger partial charge in [0.2, 0.25) is 0 Å². The fourth-order valence-electron chi connectivity index (χ4n) is 2.02. The number of allylic oxidation sites excluding steroid dienone is 2.